The van der Waals surface area contributed by atoms with Crippen molar-refractivity contribution in [2.24, 2.45) is 5.92 Å². The lowest BCUT2D eigenvalue weighted by Gasteiger charge is -2.30. The second kappa shape index (κ2) is 8.32. The van der Waals surface area contributed by atoms with Crippen LogP contribution in [-0.4, -0.2) is 55.9 Å². The van der Waals surface area contributed by atoms with E-state index in [4.69, 9.17) is 4.74 Å². The first-order valence-electron chi connectivity index (χ1n) is 7.60. The fourth-order valence-corrected chi connectivity index (χ4v) is 2.70. The van der Waals surface area contributed by atoms with Crippen molar-refractivity contribution in [2.75, 3.05) is 39.8 Å². The number of para-hydroxylation sites is 1. The maximum Gasteiger partial charge on any atom is 0.165 e. The smallest absolute Gasteiger partial charge is 0.165 e. The van der Waals surface area contributed by atoms with Crippen molar-refractivity contribution >= 4 is 0 Å². The molecule has 0 bridgehead atoms. The number of ether oxygens (including phenoxy) is 1. The Morgan fingerprint density at radius 3 is 3.05 bits per heavy atom. The number of benzene rings is 1. The molecule has 21 heavy (non-hydrogen) atoms. The molecule has 1 aliphatic rings. The normalized spacial score (nSPS) is 21.2. The Morgan fingerprint density at radius 2 is 2.29 bits per heavy atom. The summed E-state index contributed by atoms with van der Waals surface area (Å²) >= 11 is 0. The van der Waals surface area contributed by atoms with E-state index < -0.39 is 11.9 Å². The third kappa shape index (κ3) is 5.61. The molecule has 0 aliphatic carbocycles. The third-order valence-corrected chi connectivity index (χ3v) is 3.80. The minimum absolute atomic E-state index is 0.0957. The summed E-state index contributed by atoms with van der Waals surface area (Å²) in [5.74, 6) is 0.428. The molecule has 0 saturated carbocycles. The van der Waals surface area contributed by atoms with E-state index in [1.807, 2.05) is 0 Å². The molecule has 1 heterocycles. The number of aliphatic hydroxyl groups excluding tert-OH is 1. The average Bonchev–Trinajstić information content (AvgIpc) is 2.46. The first-order valence-corrected chi connectivity index (χ1v) is 7.60. The molecule has 1 aromatic carbocycles. The van der Waals surface area contributed by atoms with E-state index in [9.17, 15) is 9.50 Å². The first-order chi connectivity index (χ1) is 10.1. The van der Waals surface area contributed by atoms with Gasteiger partial charge < -0.3 is 20.1 Å². The quantitative estimate of drug-likeness (QED) is 0.800. The molecular weight excluding hydrogens is 271 g/mol. The van der Waals surface area contributed by atoms with E-state index in [0.717, 1.165) is 13.1 Å². The molecule has 118 valence electrons. The van der Waals surface area contributed by atoms with E-state index in [-0.39, 0.29) is 12.4 Å². The molecule has 1 aromatic rings. The summed E-state index contributed by atoms with van der Waals surface area (Å²) in [6.45, 7) is 3.75. The highest BCUT2D eigenvalue weighted by atomic mass is 19.1. The fourth-order valence-electron chi connectivity index (χ4n) is 2.70. The van der Waals surface area contributed by atoms with Gasteiger partial charge in [-0.05, 0) is 51.0 Å². The van der Waals surface area contributed by atoms with Gasteiger partial charge in [-0.25, -0.2) is 4.39 Å². The zero-order valence-corrected chi connectivity index (χ0v) is 12.6. The van der Waals surface area contributed by atoms with E-state index in [1.54, 1.807) is 18.2 Å². The molecule has 0 radical (unpaired) electrons. The number of hydrogen-bond acceptors (Lipinski definition) is 4. The predicted molar refractivity (Wildman–Crippen MR) is 81.0 cm³/mol. The van der Waals surface area contributed by atoms with Crippen molar-refractivity contribution in [3.63, 3.8) is 0 Å². The molecule has 2 atom stereocenters. The van der Waals surface area contributed by atoms with Crippen LogP contribution in [0.25, 0.3) is 0 Å². The van der Waals surface area contributed by atoms with Gasteiger partial charge in [0.2, 0.25) is 0 Å². The van der Waals surface area contributed by atoms with Crippen LogP contribution in [0, 0.1) is 11.7 Å². The van der Waals surface area contributed by atoms with Gasteiger partial charge in [0, 0.05) is 13.1 Å². The summed E-state index contributed by atoms with van der Waals surface area (Å²) in [6, 6.07) is 6.23. The van der Waals surface area contributed by atoms with Crippen molar-refractivity contribution in [2.45, 2.75) is 18.9 Å². The van der Waals surface area contributed by atoms with Gasteiger partial charge in [-0.2, -0.15) is 0 Å². The fraction of sp³-hybridized carbons (Fsp3) is 0.625. The molecule has 0 amide bonds. The maximum atomic E-state index is 13.3. The molecule has 5 heteroatoms. The molecule has 0 aromatic heterocycles. The summed E-state index contributed by atoms with van der Waals surface area (Å²) < 4.78 is 18.6. The minimum atomic E-state index is -0.633. The lowest BCUT2D eigenvalue weighted by molar-refractivity contribution is 0.101. The summed E-state index contributed by atoms with van der Waals surface area (Å²) in [5, 5.41) is 13.1. The standard InChI is InChI=1S/C16H25FN2O2/c1-19-8-4-5-13(11-19)9-18-10-14(20)12-21-16-7-3-2-6-15(16)17/h2-3,6-7,13-14,18,20H,4-5,8-12H2,1H3. The number of rotatable bonds is 7. The molecule has 2 rings (SSSR count). The van der Waals surface area contributed by atoms with Gasteiger partial charge in [0.1, 0.15) is 12.7 Å². The van der Waals surface area contributed by atoms with Crippen LogP contribution in [0.15, 0.2) is 24.3 Å². The van der Waals surface area contributed by atoms with Crippen LogP contribution in [0.1, 0.15) is 12.8 Å². The Bertz CT molecular complexity index is 430. The van der Waals surface area contributed by atoms with Crippen molar-refractivity contribution in [1.29, 1.82) is 0 Å². The summed E-state index contributed by atoms with van der Waals surface area (Å²) in [7, 11) is 2.14. The predicted octanol–water partition coefficient (Wildman–Crippen LogP) is 1.50. The zero-order valence-electron chi connectivity index (χ0n) is 12.6. The number of aliphatic hydroxyl groups is 1. The molecule has 0 spiro atoms. The number of piperidine rings is 1. The Kier molecular flexibility index (Phi) is 6.42. The van der Waals surface area contributed by atoms with Crippen LogP contribution in [0.5, 0.6) is 5.75 Å². The number of hydrogen-bond donors (Lipinski definition) is 2. The van der Waals surface area contributed by atoms with E-state index >= 15 is 0 Å². The van der Waals surface area contributed by atoms with Crippen molar-refractivity contribution in [3.05, 3.63) is 30.1 Å². The lowest BCUT2D eigenvalue weighted by atomic mass is 9.98. The Hall–Kier alpha value is -1.17. The summed E-state index contributed by atoms with van der Waals surface area (Å²) in [4.78, 5) is 2.34. The third-order valence-electron chi connectivity index (χ3n) is 3.80. The van der Waals surface area contributed by atoms with E-state index in [1.165, 1.54) is 25.5 Å². The van der Waals surface area contributed by atoms with Gasteiger partial charge in [-0.15, -0.1) is 0 Å². The number of nitrogens with one attached hydrogen (secondary N) is 1. The van der Waals surface area contributed by atoms with Gasteiger partial charge in [-0.1, -0.05) is 12.1 Å². The van der Waals surface area contributed by atoms with Crippen LogP contribution in [0.3, 0.4) is 0 Å². The maximum absolute atomic E-state index is 13.3. The minimum Gasteiger partial charge on any atom is -0.488 e. The molecule has 1 aliphatic heterocycles. The van der Waals surface area contributed by atoms with E-state index in [2.05, 4.69) is 17.3 Å². The van der Waals surface area contributed by atoms with Crippen LogP contribution in [0.4, 0.5) is 4.39 Å². The van der Waals surface area contributed by atoms with Crippen LogP contribution in [-0.2, 0) is 0 Å². The molecule has 2 unspecified atom stereocenters. The van der Waals surface area contributed by atoms with Crippen LogP contribution in [0.2, 0.25) is 0 Å². The monoisotopic (exact) mass is 296 g/mol. The van der Waals surface area contributed by atoms with Gasteiger partial charge in [-0.3, -0.25) is 0 Å². The Morgan fingerprint density at radius 1 is 1.48 bits per heavy atom. The highest BCUT2D eigenvalue weighted by Crippen LogP contribution is 2.15. The van der Waals surface area contributed by atoms with Crippen molar-refractivity contribution in [3.8, 4) is 5.75 Å². The van der Waals surface area contributed by atoms with Gasteiger partial charge in [0.05, 0.1) is 0 Å². The number of halogens is 1. The van der Waals surface area contributed by atoms with Crippen molar-refractivity contribution < 1.29 is 14.2 Å². The topological polar surface area (TPSA) is 44.7 Å². The zero-order chi connectivity index (χ0) is 15.1. The van der Waals surface area contributed by atoms with Gasteiger partial charge in [0.25, 0.3) is 0 Å². The van der Waals surface area contributed by atoms with E-state index in [0.29, 0.717) is 12.5 Å². The summed E-state index contributed by atoms with van der Waals surface area (Å²) in [5.41, 5.74) is 0. The molecule has 1 saturated heterocycles. The SMILES string of the molecule is CN1CCCC(CNCC(O)COc2ccccc2F)C1. The Labute approximate surface area is 125 Å². The van der Waals surface area contributed by atoms with Crippen LogP contribution >= 0.6 is 0 Å². The second-order valence-corrected chi connectivity index (χ2v) is 5.82. The molecule has 2 N–H and O–H groups in total. The van der Waals surface area contributed by atoms with Crippen molar-refractivity contribution in [1.82, 2.24) is 10.2 Å². The Balaban J connectivity index is 1.61. The van der Waals surface area contributed by atoms with Gasteiger partial charge >= 0.3 is 0 Å². The molecule has 1 fully saturated rings. The lowest BCUT2D eigenvalue weighted by Crippen LogP contribution is -2.40. The highest BCUT2D eigenvalue weighted by molar-refractivity contribution is 5.23. The van der Waals surface area contributed by atoms with Gasteiger partial charge in [0.15, 0.2) is 11.6 Å². The molecular formula is C16H25FN2O2. The average molecular weight is 296 g/mol. The second-order valence-electron chi connectivity index (χ2n) is 5.82. The first kappa shape index (κ1) is 16.2. The largest absolute Gasteiger partial charge is 0.488 e. The number of likely N-dealkylation sites (tertiary alicyclic amines) is 1. The summed E-state index contributed by atoms with van der Waals surface area (Å²) in [6.07, 6.45) is 1.84. The molecule has 4 nitrogen and oxygen atoms in total. The number of nitrogens with zero attached hydrogens (tertiary/aromatic N) is 1. The van der Waals surface area contributed by atoms with Crippen LogP contribution < -0.4 is 10.1 Å². The highest BCUT2D eigenvalue weighted by Gasteiger charge is 2.17.